The lowest BCUT2D eigenvalue weighted by molar-refractivity contribution is -0.125. The maximum atomic E-state index is 13.7. The standard InChI is InChI=1S/C24H20FNO/c25-23-14-8-7-13-22(23)15-16-24(27)26(19-21-11-5-2-6-12-21)18-17-20-9-3-1-4-10-20/h1-14H,17-19H2. The number of hydrogen-bond acceptors (Lipinski definition) is 1. The van der Waals surface area contributed by atoms with Gasteiger partial charge in [-0.15, -0.1) is 0 Å². The van der Waals surface area contributed by atoms with Crippen molar-refractivity contribution in [1.29, 1.82) is 0 Å². The number of carbonyl (C=O) groups is 1. The predicted octanol–water partition coefficient (Wildman–Crippen LogP) is 4.45. The van der Waals surface area contributed by atoms with E-state index >= 15 is 0 Å². The molecule has 0 radical (unpaired) electrons. The molecule has 0 aliphatic carbocycles. The number of halogens is 1. The molecule has 0 spiro atoms. The van der Waals surface area contributed by atoms with Gasteiger partial charge in [0.05, 0.1) is 5.56 Å². The fourth-order valence-corrected chi connectivity index (χ4v) is 2.73. The van der Waals surface area contributed by atoms with Crippen LogP contribution in [0.25, 0.3) is 0 Å². The molecule has 3 aromatic rings. The highest BCUT2D eigenvalue weighted by Crippen LogP contribution is 2.08. The van der Waals surface area contributed by atoms with Crippen LogP contribution in [0.4, 0.5) is 4.39 Å². The second-order valence-electron chi connectivity index (χ2n) is 6.18. The van der Waals surface area contributed by atoms with Crippen molar-refractivity contribution in [3.8, 4) is 11.8 Å². The molecule has 2 nitrogen and oxygen atoms in total. The molecule has 0 unspecified atom stereocenters. The van der Waals surface area contributed by atoms with Gasteiger partial charge in [0.2, 0.25) is 0 Å². The first-order valence-electron chi connectivity index (χ1n) is 8.85. The maximum absolute atomic E-state index is 13.7. The lowest BCUT2D eigenvalue weighted by atomic mass is 10.1. The fraction of sp³-hybridized carbons (Fsp3) is 0.125. The summed E-state index contributed by atoms with van der Waals surface area (Å²) in [6, 6.07) is 26.0. The van der Waals surface area contributed by atoms with Crippen LogP contribution >= 0.6 is 0 Å². The van der Waals surface area contributed by atoms with Gasteiger partial charge in [-0.1, -0.05) is 78.7 Å². The molecule has 134 valence electrons. The van der Waals surface area contributed by atoms with Gasteiger partial charge in [0.25, 0.3) is 5.91 Å². The number of carbonyl (C=O) groups excluding carboxylic acids is 1. The lowest BCUT2D eigenvalue weighted by Gasteiger charge is -2.20. The minimum absolute atomic E-state index is 0.230. The molecule has 0 saturated carbocycles. The molecule has 0 aromatic heterocycles. The summed E-state index contributed by atoms with van der Waals surface area (Å²) in [6.07, 6.45) is 0.737. The summed E-state index contributed by atoms with van der Waals surface area (Å²) in [7, 11) is 0. The van der Waals surface area contributed by atoms with E-state index in [9.17, 15) is 9.18 Å². The summed E-state index contributed by atoms with van der Waals surface area (Å²) in [5.74, 6) is 4.53. The van der Waals surface area contributed by atoms with Gasteiger partial charge in [0, 0.05) is 19.0 Å². The summed E-state index contributed by atoms with van der Waals surface area (Å²) in [6.45, 7) is 1.02. The fourth-order valence-electron chi connectivity index (χ4n) is 2.73. The van der Waals surface area contributed by atoms with Crippen molar-refractivity contribution >= 4 is 5.91 Å². The Morgan fingerprint density at radius 2 is 1.41 bits per heavy atom. The Balaban J connectivity index is 1.76. The molecule has 0 heterocycles. The summed E-state index contributed by atoms with van der Waals surface area (Å²) in [4.78, 5) is 14.4. The van der Waals surface area contributed by atoms with Crippen LogP contribution in [0.15, 0.2) is 84.9 Å². The normalized spacial score (nSPS) is 9.96. The quantitative estimate of drug-likeness (QED) is 0.618. The van der Waals surface area contributed by atoms with Crippen LogP contribution in [0.1, 0.15) is 16.7 Å². The Labute approximate surface area is 159 Å². The van der Waals surface area contributed by atoms with Crippen LogP contribution in [-0.4, -0.2) is 17.4 Å². The van der Waals surface area contributed by atoms with Gasteiger partial charge >= 0.3 is 0 Å². The zero-order chi connectivity index (χ0) is 18.9. The van der Waals surface area contributed by atoms with Crippen molar-refractivity contribution < 1.29 is 9.18 Å². The minimum Gasteiger partial charge on any atom is -0.327 e. The van der Waals surface area contributed by atoms with Crippen LogP contribution in [0.5, 0.6) is 0 Å². The molecule has 0 bridgehead atoms. The minimum atomic E-state index is -0.420. The number of benzene rings is 3. The molecule has 1 amide bonds. The summed E-state index contributed by atoms with van der Waals surface area (Å²) >= 11 is 0. The summed E-state index contributed by atoms with van der Waals surface area (Å²) in [5.41, 5.74) is 2.42. The second kappa shape index (κ2) is 9.35. The SMILES string of the molecule is O=C(C#Cc1ccccc1F)N(CCc1ccccc1)Cc1ccccc1. The summed E-state index contributed by atoms with van der Waals surface area (Å²) < 4.78 is 13.7. The molecule has 3 rings (SSSR count). The van der Waals surface area contributed by atoms with Gasteiger partial charge in [-0.05, 0) is 29.7 Å². The molecule has 0 fully saturated rings. The van der Waals surface area contributed by atoms with E-state index in [0.29, 0.717) is 13.1 Å². The highest BCUT2D eigenvalue weighted by atomic mass is 19.1. The van der Waals surface area contributed by atoms with E-state index in [2.05, 4.69) is 11.8 Å². The van der Waals surface area contributed by atoms with Crippen LogP contribution < -0.4 is 0 Å². The zero-order valence-corrected chi connectivity index (χ0v) is 14.9. The van der Waals surface area contributed by atoms with E-state index < -0.39 is 5.82 Å². The Bertz CT molecular complexity index is 942. The van der Waals surface area contributed by atoms with Crippen molar-refractivity contribution in [1.82, 2.24) is 4.90 Å². The smallest absolute Gasteiger partial charge is 0.299 e. The molecule has 0 aliphatic heterocycles. The third-order valence-corrected chi connectivity index (χ3v) is 4.19. The Morgan fingerprint density at radius 3 is 2.07 bits per heavy atom. The monoisotopic (exact) mass is 357 g/mol. The first-order valence-corrected chi connectivity index (χ1v) is 8.85. The van der Waals surface area contributed by atoms with Crippen LogP contribution in [0.2, 0.25) is 0 Å². The van der Waals surface area contributed by atoms with Crippen molar-refractivity contribution in [2.45, 2.75) is 13.0 Å². The van der Waals surface area contributed by atoms with E-state index in [1.165, 1.54) is 6.07 Å². The van der Waals surface area contributed by atoms with Crippen LogP contribution in [0.3, 0.4) is 0 Å². The average molecular weight is 357 g/mol. The van der Waals surface area contributed by atoms with E-state index in [0.717, 1.165) is 17.5 Å². The van der Waals surface area contributed by atoms with Gasteiger partial charge in [0.15, 0.2) is 0 Å². The number of rotatable bonds is 5. The Morgan fingerprint density at radius 1 is 0.815 bits per heavy atom. The highest BCUT2D eigenvalue weighted by molar-refractivity contribution is 5.94. The maximum Gasteiger partial charge on any atom is 0.299 e. The van der Waals surface area contributed by atoms with E-state index in [4.69, 9.17) is 0 Å². The van der Waals surface area contributed by atoms with E-state index in [1.807, 2.05) is 60.7 Å². The van der Waals surface area contributed by atoms with E-state index in [-0.39, 0.29) is 11.5 Å². The number of amides is 1. The third-order valence-electron chi connectivity index (χ3n) is 4.19. The number of hydrogen-bond donors (Lipinski definition) is 0. The van der Waals surface area contributed by atoms with Crippen LogP contribution in [0, 0.1) is 17.7 Å². The number of nitrogens with zero attached hydrogens (tertiary/aromatic N) is 1. The third kappa shape index (κ3) is 5.55. The van der Waals surface area contributed by atoms with Crippen molar-refractivity contribution in [2.75, 3.05) is 6.54 Å². The summed E-state index contributed by atoms with van der Waals surface area (Å²) in [5, 5.41) is 0. The molecule has 0 atom stereocenters. The molecule has 3 heteroatoms. The first kappa shape index (κ1) is 18.4. The molecular formula is C24H20FNO. The van der Waals surface area contributed by atoms with Gasteiger partial charge < -0.3 is 4.90 Å². The van der Waals surface area contributed by atoms with Gasteiger partial charge in [-0.3, -0.25) is 4.79 Å². The molecule has 27 heavy (non-hydrogen) atoms. The van der Waals surface area contributed by atoms with Crippen molar-refractivity contribution in [2.24, 2.45) is 0 Å². The second-order valence-corrected chi connectivity index (χ2v) is 6.18. The topological polar surface area (TPSA) is 20.3 Å². The highest BCUT2D eigenvalue weighted by Gasteiger charge is 2.12. The van der Waals surface area contributed by atoms with Gasteiger partial charge in [-0.2, -0.15) is 0 Å². The molecule has 3 aromatic carbocycles. The molecule has 0 aliphatic rings. The molecular weight excluding hydrogens is 337 g/mol. The van der Waals surface area contributed by atoms with E-state index in [1.54, 1.807) is 23.1 Å². The zero-order valence-electron chi connectivity index (χ0n) is 14.9. The molecule has 0 N–H and O–H groups in total. The average Bonchev–Trinajstić information content (AvgIpc) is 2.72. The molecule has 0 saturated heterocycles. The Hall–Kier alpha value is -3.38. The predicted molar refractivity (Wildman–Crippen MR) is 105 cm³/mol. The largest absolute Gasteiger partial charge is 0.327 e. The van der Waals surface area contributed by atoms with Crippen LogP contribution in [-0.2, 0) is 17.8 Å². The van der Waals surface area contributed by atoms with Crippen molar-refractivity contribution in [3.63, 3.8) is 0 Å². The first-order chi connectivity index (χ1) is 13.2. The van der Waals surface area contributed by atoms with Crippen molar-refractivity contribution in [3.05, 3.63) is 107 Å². The van der Waals surface area contributed by atoms with Gasteiger partial charge in [0.1, 0.15) is 5.82 Å². The Kier molecular flexibility index (Phi) is 6.38. The van der Waals surface area contributed by atoms with Gasteiger partial charge in [-0.25, -0.2) is 4.39 Å². The lowest BCUT2D eigenvalue weighted by Crippen LogP contribution is -2.31.